The van der Waals surface area contributed by atoms with Crippen LogP contribution < -0.4 is 5.32 Å². The van der Waals surface area contributed by atoms with Gasteiger partial charge in [-0.05, 0) is 38.3 Å². The Kier molecular flexibility index (Phi) is 5.40. The number of sulfonamides is 1. The van der Waals surface area contributed by atoms with E-state index >= 15 is 0 Å². The Morgan fingerprint density at radius 3 is 2.57 bits per heavy atom. The number of aryl methyl sites for hydroxylation is 1. The zero-order valence-corrected chi connectivity index (χ0v) is 14.1. The third-order valence-electron chi connectivity index (χ3n) is 3.61. The van der Waals surface area contributed by atoms with Crippen molar-refractivity contribution in [1.29, 1.82) is 0 Å². The van der Waals surface area contributed by atoms with Crippen LogP contribution in [0, 0.1) is 6.92 Å². The molecule has 2 rings (SSSR count). The molecule has 0 saturated carbocycles. The first-order valence-corrected chi connectivity index (χ1v) is 9.55. The fraction of sp³-hybridized carbons (Fsp3) is 0.643. The molecule has 0 unspecified atom stereocenters. The number of carbonyl (C=O) groups excluding carboxylic acids is 1. The standard InChI is InChI=1S/C14H22N2O3S2/c1-3-4-13(17)15-12-7-9-16(10-8-12)21(18,19)14-6-5-11(2)20-14/h5-6,12H,3-4,7-10H2,1-2H3,(H,15,17). The number of nitrogens with zero attached hydrogens (tertiary/aromatic N) is 1. The Balaban J connectivity index is 1.93. The van der Waals surface area contributed by atoms with E-state index in [4.69, 9.17) is 0 Å². The highest BCUT2D eigenvalue weighted by Crippen LogP contribution is 2.26. The largest absolute Gasteiger partial charge is 0.353 e. The molecule has 0 atom stereocenters. The molecule has 0 aromatic carbocycles. The molecule has 1 aliphatic rings. The summed E-state index contributed by atoms with van der Waals surface area (Å²) >= 11 is 1.31. The summed E-state index contributed by atoms with van der Waals surface area (Å²) in [6, 6.07) is 3.60. The van der Waals surface area contributed by atoms with Gasteiger partial charge in [-0.3, -0.25) is 4.79 Å². The maximum atomic E-state index is 12.5. The van der Waals surface area contributed by atoms with E-state index in [2.05, 4.69) is 5.32 Å². The highest BCUT2D eigenvalue weighted by molar-refractivity contribution is 7.91. The first kappa shape index (κ1) is 16.5. The summed E-state index contributed by atoms with van der Waals surface area (Å²) in [6.07, 6.45) is 2.72. The van der Waals surface area contributed by atoms with E-state index in [1.165, 1.54) is 15.6 Å². The lowest BCUT2D eigenvalue weighted by Gasteiger charge is -2.31. The van der Waals surface area contributed by atoms with Crippen LogP contribution in [0.1, 0.15) is 37.5 Å². The van der Waals surface area contributed by atoms with Crippen molar-refractivity contribution in [2.45, 2.75) is 49.8 Å². The molecule has 21 heavy (non-hydrogen) atoms. The number of piperidine rings is 1. The third-order valence-corrected chi connectivity index (χ3v) is 6.97. The van der Waals surface area contributed by atoms with Gasteiger partial charge in [0.1, 0.15) is 4.21 Å². The summed E-state index contributed by atoms with van der Waals surface area (Å²) in [5.41, 5.74) is 0. The van der Waals surface area contributed by atoms with E-state index in [9.17, 15) is 13.2 Å². The maximum absolute atomic E-state index is 12.5. The smallest absolute Gasteiger partial charge is 0.252 e. The summed E-state index contributed by atoms with van der Waals surface area (Å²) in [5, 5.41) is 2.98. The second kappa shape index (κ2) is 6.89. The fourth-order valence-corrected chi connectivity index (χ4v) is 5.35. The molecule has 118 valence electrons. The van der Waals surface area contributed by atoms with Gasteiger partial charge < -0.3 is 5.32 Å². The number of carbonyl (C=O) groups is 1. The molecule has 0 radical (unpaired) electrons. The monoisotopic (exact) mass is 330 g/mol. The molecule has 2 heterocycles. The molecule has 1 saturated heterocycles. The molecule has 1 aliphatic heterocycles. The van der Waals surface area contributed by atoms with Gasteiger partial charge in [0.15, 0.2) is 0 Å². The van der Waals surface area contributed by atoms with E-state index in [-0.39, 0.29) is 11.9 Å². The van der Waals surface area contributed by atoms with Crippen molar-refractivity contribution >= 4 is 27.3 Å². The van der Waals surface area contributed by atoms with Gasteiger partial charge in [-0.2, -0.15) is 4.31 Å². The molecule has 0 aliphatic carbocycles. The molecule has 7 heteroatoms. The summed E-state index contributed by atoms with van der Waals surface area (Å²) in [5.74, 6) is 0.0627. The minimum Gasteiger partial charge on any atom is -0.353 e. The minimum atomic E-state index is -3.36. The quantitative estimate of drug-likeness (QED) is 0.899. The Bertz CT molecular complexity index is 587. The molecule has 1 amide bonds. The van der Waals surface area contributed by atoms with Crippen molar-refractivity contribution in [2.75, 3.05) is 13.1 Å². The van der Waals surface area contributed by atoms with Gasteiger partial charge in [0.05, 0.1) is 0 Å². The van der Waals surface area contributed by atoms with Crippen molar-refractivity contribution in [1.82, 2.24) is 9.62 Å². The number of hydrogen-bond donors (Lipinski definition) is 1. The zero-order valence-electron chi connectivity index (χ0n) is 12.5. The SMILES string of the molecule is CCCC(=O)NC1CCN(S(=O)(=O)c2ccc(C)s2)CC1. The summed E-state index contributed by atoms with van der Waals surface area (Å²) < 4.78 is 26.9. The lowest BCUT2D eigenvalue weighted by Crippen LogP contribution is -2.46. The Morgan fingerprint density at radius 2 is 2.05 bits per heavy atom. The molecule has 1 N–H and O–H groups in total. The van der Waals surface area contributed by atoms with Crippen LogP contribution in [0.4, 0.5) is 0 Å². The molecule has 0 bridgehead atoms. The van der Waals surface area contributed by atoms with Crippen LogP contribution in [0.25, 0.3) is 0 Å². The number of nitrogens with one attached hydrogen (secondary N) is 1. The van der Waals surface area contributed by atoms with Crippen molar-refractivity contribution < 1.29 is 13.2 Å². The van der Waals surface area contributed by atoms with Gasteiger partial charge in [0.25, 0.3) is 10.0 Å². The molecular weight excluding hydrogens is 308 g/mol. The van der Waals surface area contributed by atoms with E-state index in [0.717, 1.165) is 11.3 Å². The van der Waals surface area contributed by atoms with Crippen LogP contribution in [0.2, 0.25) is 0 Å². The number of thiophene rings is 1. The molecule has 1 aromatic heterocycles. The number of rotatable bonds is 5. The van der Waals surface area contributed by atoms with Crippen molar-refractivity contribution in [3.63, 3.8) is 0 Å². The Morgan fingerprint density at radius 1 is 1.38 bits per heavy atom. The van der Waals surface area contributed by atoms with Crippen molar-refractivity contribution in [3.8, 4) is 0 Å². The first-order chi connectivity index (χ1) is 9.93. The molecular formula is C14H22N2O3S2. The predicted octanol–water partition coefficient (Wildman–Crippen LogP) is 2.13. The average Bonchev–Trinajstić information content (AvgIpc) is 2.87. The lowest BCUT2D eigenvalue weighted by atomic mass is 10.1. The van der Waals surface area contributed by atoms with Gasteiger partial charge in [0, 0.05) is 30.4 Å². The predicted molar refractivity (Wildman–Crippen MR) is 83.9 cm³/mol. The van der Waals surface area contributed by atoms with Gasteiger partial charge >= 0.3 is 0 Å². The van der Waals surface area contributed by atoms with Crippen molar-refractivity contribution in [3.05, 3.63) is 17.0 Å². The first-order valence-electron chi connectivity index (χ1n) is 7.29. The van der Waals surface area contributed by atoms with Crippen LogP contribution in [0.5, 0.6) is 0 Å². The lowest BCUT2D eigenvalue weighted by molar-refractivity contribution is -0.122. The van der Waals surface area contributed by atoms with Gasteiger partial charge in [-0.15, -0.1) is 11.3 Å². The third kappa shape index (κ3) is 4.05. The van der Waals surface area contributed by atoms with E-state index < -0.39 is 10.0 Å². The average molecular weight is 330 g/mol. The van der Waals surface area contributed by atoms with Crippen LogP contribution in [-0.4, -0.2) is 37.8 Å². The summed E-state index contributed by atoms with van der Waals surface area (Å²) in [7, 11) is -3.36. The molecule has 1 fully saturated rings. The second-order valence-electron chi connectivity index (χ2n) is 5.36. The van der Waals surface area contributed by atoms with Crippen LogP contribution >= 0.6 is 11.3 Å². The number of amides is 1. The molecule has 0 spiro atoms. The molecule has 5 nitrogen and oxygen atoms in total. The highest BCUT2D eigenvalue weighted by atomic mass is 32.2. The topological polar surface area (TPSA) is 66.5 Å². The second-order valence-corrected chi connectivity index (χ2v) is 8.81. The summed E-state index contributed by atoms with van der Waals surface area (Å²) in [6.45, 7) is 4.81. The Labute approximate surface area is 130 Å². The van der Waals surface area contributed by atoms with Crippen molar-refractivity contribution in [2.24, 2.45) is 0 Å². The Hall–Kier alpha value is -0.920. The maximum Gasteiger partial charge on any atom is 0.252 e. The number of hydrogen-bond acceptors (Lipinski definition) is 4. The van der Waals surface area contributed by atoms with Gasteiger partial charge in [-0.1, -0.05) is 6.92 Å². The van der Waals surface area contributed by atoms with E-state index in [1.807, 2.05) is 19.9 Å². The normalized spacial score (nSPS) is 17.8. The van der Waals surface area contributed by atoms with Crippen LogP contribution in [-0.2, 0) is 14.8 Å². The highest BCUT2D eigenvalue weighted by Gasteiger charge is 2.30. The van der Waals surface area contributed by atoms with Crippen LogP contribution in [0.15, 0.2) is 16.3 Å². The van der Waals surface area contributed by atoms with Gasteiger partial charge in [-0.25, -0.2) is 8.42 Å². The zero-order chi connectivity index (χ0) is 15.5. The fourth-order valence-electron chi connectivity index (χ4n) is 2.45. The van der Waals surface area contributed by atoms with Gasteiger partial charge in [0.2, 0.25) is 5.91 Å². The van der Waals surface area contributed by atoms with E-state index in [0.29, 0.717) is 36.6 Å². The summed E-state index contributed by atoms with van der Waals surface area (Å²) in [4.78, 5) is 12.6. The minimum absolute atomic E-state index is 0.0627. The van der Waals surface area contributed by atoms with E-state index in [1.54, 1.807) is 6.07 Å². The van der Waals surface area contributed by atoms with Crippen LogP contribution in [0.3, 0.4) is 0 Å². The molecule has 1 aromatic rings.